The lowest BCUT2D eigenvalue weighted by atomic mass is 9.96. The van der Waals surface area contributed by atoms with Crippen molar-refractivity contribution in [2.24, 2.45) is 0 Å². The van der Waals surface area contributed by atoms with Crippen LogP contribution in [0.5, 0.6) is 0 Å². The Morgan fingerprint density at radius 3 is 2.28 bits per heavy atom. The summed E-state index contributed by atoms with van der Waals surface area (Å²) in [5.41, 5.74) is 11.4. The maximum Gasteiger partial charge on any atom is 0.292 e. The van der Waals surface area contributed by atoms with Gasteiger partial charge in [-0.05, 0) is 49.4 Å². The third-order valence-corrected chi connectivity index (χ3v) is 3.30. The largest absolute Gasteiger partial charge is 0.423 e. The molecule has 0 fully saturated rings. The Kier molecular flexibility index (Phi) is 3.16. The molecule has 3 heteroatoms. The van der Waals surface area contributed by atoms with Crippen molar-refractivity contribution in [1.29, 1.82) is 0 Å². The van der Waals surface area contributed by atoms with Gasteiger partial charge in [-0.25, -0.2) is 0 Å². The van der Waals surface area contributed by atoms with E-state index in [0.717, 1.165) is 17.0 Å². The van der Waals surface area contributed by atoms with Gasteiger partial charge >= 0.3 is 0 Å². The number of nitrogens with zero attached hydrogens (tertiary/aromatic N) is 1. The maximum atomic E-state index is 5.69. The number of benzene rings is 1. The number of oxazole rings is 1. The van der Waals surface area contributed by atoms with Gasteiger partial charge in [0.25, 0.3) is 6.01 Å². The maximum absolute atomic E-state index is 5.69. The minimum atomic E-state index is 0.242. The Morgan fingerprint density at radius 2 is 1.67 bits per heavy atom. The van der Waals surface area contributed by atoms with Crippen LogP contribution in [-0.4, -0.2) is 4.98 Å². The number of nitrogen functional groups attached to an aromatic ring is 1. The molecule has 18 heavy (non-hydrogen) atoms. The second-order valence-electron chi connectivity index (χ2n) is 5.17. The number of anilines is 1. The van der Waals surface area contributed by atoms with Crippen LogP contribution < -0.4 is 5.73 Å². The van der Waals surface area contributed by atoms with Crippen molar-refractivity contribution < 1.29 is 4.42 Å². The van der Waals surface area contributed by atoms with Gasteiger partial charge in [-0.1, -0.05) is 19.9 Å². The summed E-state index contributed by atoms with van der Waals surface area (Å²) < 4.78 is 5.60. The smallest absolute Gasteiger partial charge is 0.292 e. The van der Waals surface area contributed by atoms with Crippen molar-refractivity contribution in [3.8, 4) is 11.3 Å². The first-order valence-corrected chi connectivity index (χ1v) is 6.24. The van der Waals surface area contributed by atoms with Crippen LogP contribution in [0, 0.1) is 20.8 Å². The fourth-order valence-corrected chi connectivity index (χ4v) is 2.14. The summed E-state index contributed by atoms with van der Waals surface area (Å²) in [7, 11) is 0. The first-order chi connectivity index (χ1) is 8.40. The molecular formula is C15H20N2O. The second-order valence-corrected chi connectivity index (χ2v) is 5.17. The third kappa shape index (κ3) is 2.13. The highest BCUT2D eigenvalue weighted by Gasteiger charge is 2.18. The molecule has 0 spiro atoms. The molecule has 0 saturated carbocycles. The number of aromatic nitrogens is 1. The van der Waals surface area contributed by atoms with Crippen LogP contribution in [0.3, 0.4) is 0 Å². The molecule has 1 heterocycles. The molecule has 1 aromatic heterocycles. The minimum Gasteiger partial charge on any atom is -0.423 e. The van der Waals surface area contributed by atoms with Gasteiger partial charge in [0.15, 0.2) is 5.76 Å². The van der Waals surface area contributed by atoms with Crippen LogP contribution in [0.2, 0.25) is 0 Å². The Hall–Kier alpha value is -1.77. The molecule has 0 aliphatic rings. The van der Waals surface area contributed by atoms with Crippen LogP contribution >= 0.6 is 0 Å². The SMILES string of the molecule is Cc1cc(C)c(-c2oc(N)nc2C(C)C)cc1C. The number of nitrogens with two attached hydrogens (primary N) is 1. The quantitative estimate of drug-likeness (QED) is 0.869. The molecule has 2 rings (SSSR count). The summed E-state index contributed by atoms with van der Waals surface area (Å²) in [6, 6.07) is 4.57. The van der Waals surface area contributed by atoms with Crippen molar-refractivity contribution in [2.75, 3.05) is 5.73 Å². The van der Waals surface area contributed by atoms with E-state index in [4.69, 9.17) is 10.2 Å². The van der Waals surface area contributed by atoms with E-state index in [0.29, 0.717) is 5.92 Å². The third-order valence-electron chi connectivity index (χ3n) is 3.30. The van der Waals surface area contributed by atoms with E-state index in [1.807, 2.05) is 0 Å². The van der Waals surface area contributed by atoms with Crippen molar-refractivity contribution in [1.82, 2.24) is 4.98 Å². The van der Waals surface area contributed by atoms with Gasteiger partial charge in [0.1, 0.15) is 0 Å². The van der Waals surface area contributed by atoms with Crippen LogP contribution in [0.4, 0.5) is 6.01 Å². The molecule has 0 saturated heterocycles. The molecule has 0 aliphatic heterocycles. The van der Waals surface area contributed by atoms with Crippen molar-refractivity contribution in [3.05, 3.63) is 34.5 Å². The van der Waals surface area contributed by atoms with Gasteiger partial charge in [-0.3, -0.25) is 0 Å². The van der Waals surface area contributed by atoms with E-state index in [2.05, 4.69) is 51.7 Å². The van der Waals surface area contributed by atoms with Crippen LogP contribution in [0.1, 0.15) is 42.1 Å². The molecule has 2 aromatic rings. The predicted octanol–water partition coefficient (Wildman–Crippen LogP) is 3.97. The average Bonchev–Trinajstić information content (AvgIpc) is 2.65. The summed E-state index contributed by atoms with van der Waals surface area (Å²) in [4.78, 5) is 4.29. The van der Waals surface area contributed by atoms with Crippen LogP contribution in [-0.2, 0) is 0 Å². The number of hydrogen-bond donors (Lipinski definition) is 1. The average molecular weight is 244 g/mol. The Morgan fingerprint density at radius 1 is 1.06 bits per heavy atom. The van der Waals surface area contributed by atoms with Gasteiger partial charge in [0.05, 0.1) is 5.69 Å². The van der Waals surface area contributed by atoms with Gasteiger partial charge in [0.2, 0.25) is 0 Å². The van der Waals surface area contributed by atoms with Crippen molar-refractivity contribution >= 4 is 6.01 Å². The predicted molar refractivity (Wildman–Crippen MR) is 74.7 cm³/mol. The standard InChI is InChI=1S/C15H20N2O/c1-8(2)13-14(18-15(16)17-13)12-7-10(4)9(3)6-11(12)5/h6-8H,1-5H3,(H2,16,17). The van der Waals surface area contributed by atoms with Crippen LogP contribution in [0.25, 0.3) is 11.3 Å². The first kappa shape index (κ1) is 12.7. The summed E-state index contributed by atoms with van der Waals surface area (Å²) >= 11 is 0. The summed E-state index contributed by atoms with van der Waals surface area (Å²) in [5, 5.41) is 0. The molecule has 0 amide bonds. The van der Waals surface area contributed by atoms with Crippen molar-refractivity contribution in [3.63, 3.8) is 0 Å². The fourth-order valence-electron chi connectivity index (χ4n) is 2.14. The molecule has 0 atom stereocenters. The van der Waals surface area contributed by atoms with Gasteiger partial charge in [-0.15, -0.1) is 0 Å². The lowest BCUT2D eigenvalue weighted by Gasteiger charge is -2.10. The Balaban J connectivity index is 2.65. The molecule has 3 nitrogen and oxygen atoms in total. The summed E-state index contributed by atoms with van der Waals surface area (Å²) in [5.74, 6) is 1.10. The topological polar surface area (TPSA) is 52.0 Å². The van der Waals surface area contributed by atoms with Crippen molar-refractivity contribution in [2.45, 2.75) is 40.5 Å². The first-order valence-electron chi connectivity index (χ1n) is 6.24. The highest BCUT2D eigenvalue weighted by Crippen LogP contribution is 2.34. The normalized spacial score (nSPS) is 11.2. The van der Waals surface area contributed by atoms with E-state index in [1.54, 1.807) is 0 Å². The number of aryl methyl sites for hydroxylation is 3. The second kappa shape index (κ2) is 4.48. The zero-order valence-electron chi connectivity index (χ0n) is 11.7. The zero-order valence-corrected chi connectivity index (χ0v) is 11.7. The van der Waals surface area contributed by atoms with E-state index in [9.17, 15) is 0 Å². The zero-order chi connectivity index (χ0) is 13.4. The summed E-state index contributed by atoms with van der Waals surface area (Å²) in [6.45, 7) is 10.5. The van der Waals surface area contributed by atoms with E-state index >= 15 is 0 Å². The molecule has 96 valence electrons. The monoisotopic (exact) mass is 244 g/mol. The van der Waals surface area contributed by atoms with Gasteiger partial charge in [0, 0.05) is 5.56 Å². The number of hydrogen-bond acceptors (Lipinski definition) is 3. The fraction of sp³-hybridized carbons (Fsp3) is 0.400. The highest BCUT2D eigenvalue weighted by molar-refractivity contribution is 5.67. The molecule has 0 unspecified atom stereocenters. The molecule has 0 aliphatic carbocycles. The number of rotatable bonds is 2. The van der Waals surface area contributed by atoms with Crippen LogP contribution in [0.15, 0.2) is 16.5 Å². The Bertz CT molecular complexity index is 582. The van der Waals surface area contributed by atoms with E-state index in [1.165, 1.54) is 16.7 Å². The van der Waals surface area contributed by atoms with Gasteiger partial charge < -0.3 is 10.2 Å². The van der Waals surface area contributed by atoms with E-state index in [-0.39, 0.29) is 6.01 Å². The van der Waals surface area contributed by atoms with E-state index < -0.39 is 0 Å². The summed E-state index contributed by atoms with van der Waals surface area (Å²) in [6.07, 6.45) is 0. The lowest BCUT2D eigenvalue weighted by Crippen LogP contribution is -1.94. The minimum absolute atomic E-state index is 0.242. The lowest BCUT2D eigenvalue weighted by molar-refractivity contribution is 0.591. The highest BCUT2D eigenvalue weighted by atomic mass is 16.4. The molecular weight excluding hydrogens is 224 g/mol. The Labute approximate surface area is 108 Å². The molecule has 1 aromatic carbocycles. The van der Waals surface area contributed by atoms with Gasteiger partial charge in [-0.2, -0.15) is 4.98 Å². The molecule has 0 radical (unpaired) electrons. The molecule has 2 N–H and O–H groups in total. The molecule has 0 bridgehead atoms.